The van der Waals surface area contributed by atoms with Crippen LogP contribution in [0.3, 0.4) is 0 Å². The summed E-state index contributed by atoms with van der Waals surface area (Å²) in [5, 5.41) is 15.9. The lowest BCUT2D eigenvalue weighted by Crippen LogP contribution is -2.60. The number of rotatable bonds is 7. The molecule has 1 aliphatic carbocycles. The molecule has 0 radical (unpaired) electrons. The van der Waals surface area contributed by atoms with Crippen molar-refractivity contribution in [3.8, 4) is 28.9 Å². The zero-order valence-corrected chi connectivity index (χ0v) is 26.4. The highest BCUT2D eigenvalue weighted by molar-refractivity contribution is 6.03. The molecular weight excluding hydrogens is 606 g/mol. The number of fused-ring (bicyclic) bond motifs is 6. The first-order valence-electron chi connectivity index (χ1n) is 16.8. The molecule has 246 valence electrons. The second-order valence-electron chi connectivity index (χ2n) is 13.9. The van der Waals surface area contributed by atoms with Gasteiger partial charge in [0.1, 0.15) is 40.6 Å². The molecule has 5 aliphatic rings. The lowest BCUT2D eigenvalue weighted by atomic mass is 9.94. The molecule has 12 heteroatoms. The molecule has 2 N–H and O–H groups in total. The SMILES string of the molecule is CCc1c(F)ccc2cc(O)cc(-c3nc4c5c(nc(OCC6(CN7CCOCC7)CC6)nc5c3F)N3CC5CCC(N5)C3CO4)c12. The summed E-state index contributed by atoms with van der Waals surface area (Å²) in [5.41, 5.74) is 0.698. The largest absolute Gasteiger partial charge is 0.508 e. The van der Waals surface area contributed by atoms with Gasteiger partial charge in [0.05, 0.1) is 25.9 Å². The lowest BCUT2D eigenvalue weighted by molar-refractivity contribution is 0.0231. The van der Waals surface area contributed by atoms with E-state index >= 15 is 8.78 Å². The van der Waals surface area contributed by atoms with E-state index in [2.05, 4.69) is 15.1 Å². The van der Waals surface area contributed by atoms with Gasteiger partial charge in [0, 0.05) is 49.2 Å². The summed E-state index contributed by atoms with van der Waals surface area (Å²) in [4.78, 5) is 19.0. The Balaban J connectivity index is 1.19. The number of phenolic OH excluding ortho intramolecular Hbond substituents is 1. The Morgan fingerprint density at radius 1 is 1.09 bits per heavy atom. The number of anilines is 1. The van der Waals surface area contributed by atoms with Crippen LogP contribution in [-0.2, 0) is 11.2 Å². The Morgan fingerprint density at radius 2 is 1.94 bits per heavy atom. The molecule has 47 heavy (non-hydrogen) atoms. The second kappa shape index (κ2) is 11.1. The van der Waals surface area contributed by atoms with Crippen LogP contribution >= 0.6 is 0 Å². The summed E-state index contributed by atoms with van der Waals surface area (Å²) >= 11 is 0. The van der Waals surface area contributed by atoms with Crippen LogP contribution in [0.1, 0.15) is 38.2 Å². The monoisotopic (exact) mass is 644 g/mol. The molecule has 4 aromatic rings. The molecule has 2 aromatic heterocycles. The minimum absolute atomic E-state index is 0.0117. The minimum atomic E-state index is -0.690. The highest BCUT2D eigenvalue weighted by Gasteiger charge is 2.46. The number of nitrogens with zero attached hydrogens (tertiary/aromatic N) is 5. The first kappa shape index (κ1) is 29.3. The quantitative estimate of drug-likeness (QED) is 0.297. The van der Waals surface area contributed by atoms with Crippen molar-refractivity contribution < 1.29 is 28.1 Å². The Morgan fingerprint density at radius 3 is 2.74 bits per heavy atom. The zero-order valence-electron chi connectivity index (χ0n) is 26.4. The van der Waals surface area contributed by atoms with E-state index in [-0.39, 0.29) is 51.9 Å². The molecule has 2 bridgehead atoms. The zero-order chi connectivity index (χ0) is 31.9. The van der Waals surface area contributed by atoms with Crippen molar-refractivity contribution >= 4 is 27.5 Å². The van der Waals surface area contributed by atoms with E-state index in [1.54, 1.807) is 12.1 Å². The predicted octanol–water partition coefficient (Wildman–Crippen LogP) is 4.58. The summed E-state index contributed by atoms with van der Waals surface area (Å²) in [6.07, 6.45) is 4.55. The summed E-state index contributed by atoms with van der Waals surface area (Å²) in [7, 11) is 0. The summed E-state index contributed by atoms with van der Waals surface area (Å²) in [6, 6.07) is 6.55. The third kappa shape index (κ3) is 4.95. The van der Waals surface area contributed by atoms with Crippen molar-refractivity contribution in [3.63, 3.8) is 0 Å². The van der Waals surface area contributed by atoms with Gasteiger partial charge >= 0.3 is 6.01 Å². The number of aryl methyl sites for hydroxylation is 1. The number of hydrogen-bond donors (Lipinski definition) is 2. The van der Waals surface area contributed by atoms with Gasteiger partial charge in [-0.3, -0.25) is 4.90 Å². The molecule has 2 aromatic carbocycles. The molecule has 4 fully saturated rings. The Labute approximate surface area is 271 Å². The molecular formula is C35H38F2N6O4. The molecule has 0 amide bonds. The maximum absolute atomic E-state index is 17.1. The van der Waals surface area contributed by atoms with Crippen molar-refractivity contribution in [1.82, 2.24) is 25.2 Å². The maximum atomic E-state index is 17.1. The Bertz CT molecular complexity index is 1900. The lowest BCUT2D eigenvalue weighted by Gasteiger charge is -2.40. The average molecular weight is 645 g/mol. The third-order valence-electron chi connectivity index (χ3n) is 10.8. The second-order valence-corrected chi connectivity index (χ2v) is 13.9. The van der Waals surface area contributed by atoms with Gasteiger partial charge in [-0.2, -0.15) is 9.97 Å². The number of halogens is 2. The number of morpholine rings is 1. The molecule has 9 rings (SSSR count). The van der Waals surface area contributed by atoms with Gasteiger partial charge in [0.2, 0.25) is 5.88 Å². The summed E-state index contributed by atoms with van der Waals surface area (Å²) in [6.45, 7) is 7.53. The van der Waals surface area contributed by atoms with Crippen molar-refractivity contribution in [2.24, 2.45) is 5.41 Å². The smallest absolute Gasteiger partial charge is 0.319 e. The van der Waals surface area contributed by atoms with Crippen molar-refractivity contribution in [2.45, 2.75) is 57.2 Å². The highest BCUT2D eigenvalue weighted by Crippen LogP contribution is 2.48. The molecule has 10 nitrogen and oxygen atoms in total. The fourth-order valence-electron chi connectivity index (χ4n) is 8.17. The number of nitrogens with one attached hydrogen (secondary N) is 1. The molecule has 4 aliphatic heterocycles. The van der Waals surface area contributed by atoms with Crippen LogP contribution in [0.5, 0.6) is 17.6 Å². The third-order valence-corrected chi connectivity index (χ3v) is 10.8. The summed E-state index contributed by atoms with van der Waals surface area (Å²) in [5.74, 6) is -0.368. The molecule has 1 saturated carbocycles. The van der Waals surface area contributed by atoms with Crippen molar-refractivity contribution in [2.75, 3.05) is 57.5 Å². The molecule has 0 spiro atoms. The number of pyridine rings is 1. The van der Waals surface area contributed by atoms with Crippen LogP contribution in [0.2, 0.25) is 0 Å². The number of aromatic nitrogens is 3. The molecule has 3 atom stereocenters. The average Bonchev–Trinajstić information content (AvgIpc) is 3.77. The number of benzene rings is 2. The van der Waals surface area contributed by atoms with Crippen LogP contribution in [0.4, 0.5) is 14.6 Å². The van der Waals surface area contributed by atoms with Gasteiger partial charge in [-0.15, -0.1) is 0 Å². The van der Waals surface area contributed by atoms with Gasteiger partial charge in [-0.05, 0) is 66.6 Å². The van der Waals surface area contributed by atoms with Crippen molar-refractivity contribution in [3.05, 3.63) is 41.5 Å². The Hall–Kier alpha value is -3.87. The molecule has 6 heterocycles. The molecule has 3 unspecified atom stereocenters. The van der Waals surface area contributed by atoms with E-state index in [0.717, 1.165) is 58.5 Å². The normalized spacial score (nSPS) is 24.7. The van der Waals surface area contributed by atoms with Crippen LogP contribution in [-0.4, -0.2) is 95.7 Å². The van der Waals surface area contributed by atoms with E-state index in [4.69, 9.17) is 29.2 Å². The number of piperazine rings is 1. The van der Waals surface area contributed by atoms with E-state index in [0.29, 0.717) is 59.8 Å². The van der Waals surface area contributed by atoms with E-state index < -0.39 is 11.6 Å². The topological polar surface area (TPSA) is 105 Å². The number of phenols is 1. The standard InChI is InChI=1S/C35H38F2N6O4/c1-2-22-24(36)5-3-19-13-21(44)14-23(27(19)22)30-29(37)31-28-32(43-15-20-4-6-25(38-20)26(43)16-46-33(28)39-30)41-34(40-31)47-18-35(7-8-35)17-42-9-11-45-12-10-42/h3,5,13-14,20,25-26,38,44H,2,4,6-12,15-18H2,1H3. The minimum Gasteiger partial charge on any atom is -0.508 e. The van der Waals surface area contributed by atoms with Gasteiger partial charge in [-0.25, -0.2) is 13.8 Å². The van der Waals surface area contributed by atoms with Crippen LogP contribution < -0.4 is 19.7 Å². The van der Waals surface area contributed by atoms with Gasteiger partial charge in [0.15, 0.2) is 5.82 Å². The fourth-order valence-corrected chi connectivity index (χ4v) is 8.17. The van der Waals surface area contributed by atoms with Crippen LogP contribution in [0, 0.1) is 17.0 Å². The van der Waals surface area contributed by atoms with Crippen molar-refractivity contribution in [1.29, 1.82) is 0 Å². The van der Waals surface area contributed by atoms with Gasteiger partial charge in [-0.1, -0.05) is 13.0 Å². The maximum Gasteiger partial charge on any atom is 0.319 e. The fraction of sp³-hybridized carbons (Fsp3) is 0.514. The predicted molar refractivity (Wildman–Crippen MR) is 172 cm³/mol. The van der Waals surface area contributed by atoms with Gasteiger partial charge < -0.3 is 29.5 Å². The van der Waals surface area contributed by atoms with Crippen LogP contribution in [0.25, 0.3) is 32.9 Å². The first-order valence-corrected chi connectivity index (χ1v) is 16.8. The Kier molecular flexibility index (Phi) is 6.92. The highest BCUT2D eigenvalue weighted by atomic mass is 19.1. The molecule has 3 saturated heterocycles. The first-order chi connectivity index (χ1) is 22.9. The van der Waals surface area contributed by atoms with E-state index in [9.17, 15) is 5.11 Å². The number of aromatic hydroxyl groups is 1. The van der Waals surface area contributed by atoms with Gasteiger partial charge in [0.25, 0.3) is 0 Å². The van der Waals surface area contributed by atoms with Crippen LogP contribution in [0.15, 0.2) is 24.3 Å². The summed E-state index contributed by atoms with van der Waals surface area (Å²) < 4.78 is 50.5. The number of hydrogen-bond acceptors (Lipinski definition) is 10. The van der Waals surface area contributed by atoms with E-state index in [1.807, 2.05) is 6.92 Å². The number of ether oxygens (including phenoxy) is 3. The van der Waals surface area contributed by atoms with E-state index in [1.165, 1.54) is 12.1 Å².